The third kappa shape index (κ3) is 4.12. The number of H-pyrrole nitrogens is 1. The molecular formula is C23H27N3S. The predicted octanol–water partition coefficient (Wildman–Crippen LogP) is 5.49. The average Bonchev–Trinajstić information content (AvgIpc) is 3.19. The number of aryl methyl sites for hydroxylation is 1. The monoisotopic (exact) mass is 377 g/mol. The number of nitrogens with one attached hydrogen (secondary N) is 1. The summed E-state index contributed by atoms with van der Waals surface area (Å²) in [5.41, 5.74) is 6.62. The Kier molecular flexibility index (Phi) is 5.65. The van der Waals surface area contributed by atoms with Crippen LogP contribution in [-0.4, -0.2) is 34.4 Å². The maximum Gasteiger partial charge on any atom is 0.0568 e. The van der Waals surface area contributed by atoms with Gasteiger partial charge < -0.3 is 0 Å². The molecule has 0 radical (unpaired) electrons. The molecule has 0 atom stereocenters. The van der Waals surface area contributed by atoms with Gasteiger partial charge >= 0.3 is 0 Å². The van der Waals surface area contributed by atoms with E-state index < -0.39 is 0 Å². The second-order valence-electron chi connectivity index (χ2n) is 7.41. The fourth-order valence-electron chi connectivity index (χ4n) is 4.07. The molecule has 3 aromatic rings. The van der Waals surface area contributed by atoms with E-state index in [2.05, 4.69) is 76.8 Å². The molecule has 1 fully saturated rings. The first-order chi connectivity index (χ1) is 13.2. The summed E-state index contributed by atoms with van der Waals surface area (Å²) >= 11 is 1.80. The smallest absolute Gasteiger partial charge is 0.0568 e. The standard InChI is InChI=1S/C23H27N3S/c1-17-5-3-4-6-21(17)22-15-24-25-23(22)19-11-13-26(14-12-19)16-18-7-9-20(27-2)10-8-18/h3-10,15,19H,11-14,16H2,1-2H3,(H,24,25). The molecule has 0 amide bonds. The van der Waals surface area contributed by atoms with E-state index in [9.17, 15) is 0 Å². The summed E-state index contributed by atoms with van der Waals surface area (Å²) in [7, 11) is 0. The number of nitrogens with zero attached hydrogens (tertiary/aromatic N) is 2. The van der Waals surface area contributed by atoms with Gasteiger partial charge in [0.1, 0.15) is 0 Å². The van der Waals surface area contributed by atoms with Gasteiger partial charge in [-0.05, 0) is 67.9 Å². The lowest BCUT2D eigenvalue weighted by atomic mass is 9.88. The number of hydrogen-bond donors (Lipinski definition) is 1. The molecular weight excluding hydrogens is 350 g/mol. The van der Waals surface area contributed by atoms with Crippen molar-refractivity contribution in [2.24, 2.45) is 0 Å². The largest absolute Gasteiger partial charge is 0.299 e. The summed E-state index contributed by atoms with van der Waals surface area (Å²) in [6.45, 7) is 5.51. The van der Waals surface area contributed by atoms with Crippen molar-refractivity contribution in [3.05, 3.63) is 71.5 Å². The highest BCUT2D eigenvalue weighted by molar-refractivity contribution is 7.98. The zero-order valence-electron chi connectivity index (χ0n) is 16.1. The van der Waals surface area contributed by atoms with Crippen LogP contribution in [-0.2, 0) is 6.54 Å². The second-order valence-corrected chi connectivity index (χ2v) is 8.29. The van der Waals surface area contributed by atoms with Crippen molar-refractivity contribution in [1.29, 1.82) is 0 Å². The van der Waals surface area contributed by atoms with E-state index >= 15 is 0 Å². The minimum Gasteiger partial charge on any atom is -0.299 e. The summed E-state index contributed by atoms with van der Waals surface area (Å²) in [6.07, 6.45) is 6.49. The van der Waals surface area contributed by atoms with Crippen molar-refractivity contribution in [2.45, 2.75) is 37.1 Å². The Morgan fingerprint density at radius 2 is 1.78 bits per heavy atom. The van der Waals surface area contributed by atoms with Gasteiger partial charge in [-0.15, -0.1) is 11.8 Å². The first-order valence-electron chi connectivity index (χ1n) is 9.69. The molecule has 1 saturated heterocycles. The van der Waals surface area contributed by atoms with E-state index in [-0.39, 0.29) is 0 Å². The highest BCUT2D eigenvalue weighted by Gasteiger charge is 2.24. The van der Waals surface area contributed by atoms with Crippen molar-refractivity contribution in [3.63, 3.8) is 0 Å². The summed E-state index contributed by atoms with van der Waals surface area (Å²) in [5.74, 6) is 0.567. The summed E-state index contributed by atoms with van der Waals surface area (Å²) in [5, 5.41) is 7.68. The second kappa shape index (κ2) is 8.32. The van der Waals surface area contributed by atoms with Gasteiger partial charge in [-0.3, -0.25) is 10.00 Å². The number of likely N-dealkylation sites (tertiary alicyclic amines) is 1. The van der Waals surface area contributed by atoms with Gasteiger partial charge in [0.05, 0.1) is 6.20 Å². The molecule has 3 nitrogen and oxygen atoms in total. The van der Waals surface area contributed by atoms with E-state index in [4.69, 9.17) is 0 Å². The summed E-state index contributed by atoms with van der Waals surface area (Å²) in [6, 6.07) is 17.6. The lowest BCUT2D eigenvalue weighted by molar-refractivity contribution is 0.203. The Morgan fingerprint density at radius 3 is 2.48 bits per heavy atom. The van der Waals surface area contributed by atoms with Crippen LogP contribution < -0.4 is 0 Å². The number of thioether (sulfide) groups is 1. The van der Waals surface area contributed by atoms with Gasteiger partial charge in [0.2, 0.25) is 0 Å². The van der Waals surface area contributed by atoms with Gasteiger partial charge in [0.25, 0.3) is 0 Å². The Bertz CT molecular complexity index is 877. The normalized spacial score (nSPS) is 15.9. The molecule has 2 heterocycles. The molecule has 2 aromatic carbocycles. The van der Waals surface area contributed by atoms with Crippen LogP contribution in [0.4, 0.5) is 0 Å². The predicted molar refractivity (Wildman–Crippen MR) is 114 cm³/mol. The van der Waals surface area contributed by atoms with E-state index in [1.54, 1.807) is 11.8 Å². The molecule has 140 valence electrons. The Balaban J connectivity index is 1.41. The minimum atomic E-state index is 0.567. The Hall–Kier alpha value is -2.04. The fraction of sp³-hybridized carbons (Fsp3) is 0.348. The number of rotatable bonds is 5. The van der Waals surface area contributed by atoms with Gasteiger partial charge in [-0.1, -0.05) is 36.4 Å². The average molecular weight is 378 g/mol. The fourth-order valence-corrected chi connectivity index (χ4v) is 4.47. The van der Waals surface area contributed by atoms with Crippen LogP contribution >= 0.6 is 11.8 Å². The topological polar surface area (TPSA) is 31.9 Å². The molecule has 0 saturated carbocycles. The van der Waals surface area contributed by atoms with Crippen molar-refractivity contribution in [3.8, 4) is 11.1 Å². The van der Waals surface area contributed by atoms with Crippen LogP contribution in [0.1, 0.15) is 35.6 Å². The van der Waals surface area contributed by atoms with Crippen LogP contribution in [0.2, 0.25) is 0 Å². The summed E-state index contributed by atoms with van der Waals surface area (Å²) in [4.78, 5) is 3.91. The molecule has 1 N–H and O–H groups in total. The zero-order chi connectivity index (χ0) is 18.6. The van der Waals surface area contributed by atoms with Gasteiger partial charge in [-0.2, -0.15) is 5.10 Å². The lowest BCUT2D eigenvalue weighted by Gasteiger charge is -2.32. The van der Waals surface area contributed by atoms with Crippen LogP contribution in [0.5, 0.6) is 0 Å². The third-order valence-electron chi connectivity index (χ3n) is 5.67. The van der Waals surface area contributed by atoms with E-state index in [1.807, 2.05) is 6.20 Å². The quantitative estimate of drug-likeness (QED) is 0.597. The lowest BCUT2D eigenvalue weighted by Crippen LogP contribution is -2.32. The van der Waals surface area contributed by atoms with Crippen molar-refractivity contribution in [2.75, 3.05) is 19.3 Å². The Labute approximate surface area is 166 Å². The highest BCUT2D eigenvalue weighted by Crippen LogP contribution is 2.35. The summed E-state index contributed by atoms with van der Waals surface area (Å²) < 4.78 is 0. The number of piperidine rings is 1. The number of aromatic nitrogens is 2. The van der Waals surface area contributed by atoms with Gasteiger partial charge in [0, 0.05) is 28.6 Å². The highest BCUT2D eigenvalue weighted by atomic mass is 32.2. The molecule has 4 heteroatoms. The van der Waals surface area contributed by atoms with Gasteiger partial charge in [0.15, 0.2) is 0 Å². The number of benzene rings is 2. The minimum absolute atomic E-state index is 0.567. The van der Waals surface area contributed by atoms with Crippen LogP contribution in [0.25, 0.3) is 11.1 Å². The third-order valence-corrected chi connectivity index (χ3v) is 6.41. The molecule has 1 aliphatic heterocycles. The maximum atomic E-state index is 4.38. The molecule has 1 aromatic heterocycles. The van der Waals surface area contributed by atoms with E-state index in [0.717, 1.165) is 19.6 Å². The van der Waals surface area contributed by atoms with E-state index in [0.29, 0.717) is 5.92 Å². The molecule has 0 bridgehead atoms. The molecule has 4 rings (SSSR count). The van der Waals surface area contributed by atoms with Crippen LogP contribution in [0.15, 0.2) is 59.6 Å². The van der Waals surface area contributed by atoms with Crippen LogP contribution in [0.3, 0.4) is 0 Å². The maximum absolute atomic E-state index is 4.38. The van der Waals surface area contributed by atoms with Gasteiger partial charge in [-0.25, -0.2) is 0 Å². The first-order valence-corrected chi connectivity index (χ1v) is 10.9. The molecule has 0 unspecified atom stereocenters. The van der Waals surface area contributed by atoms with Crippen molar-refractivity contribution in [1.82, 2.24) is 15.1 Å². The molecule has 0 aliphatic carbocycles. The SMILES string of the molecule is CSc1ccc(CN2CCC(c3[nH]ncc3-c3ccccc3C)CC2)cc1. The molecule has 0 spiro atoms. The van der Waals surface area contributed by atoms with E-state index in [1.165, 1.54) is 45.7 Å². The van der Waals surface area contributed by atoms with Crippen LogP contribution in [0, 0.1) is 6.92 Å². The molecule has 27 heavy (non-hydrogen) atoms. The number of hydrogen-bond acceptors (Lipinski definition) is 3. The van der Waals surface area contributed by atoms with Crippen molar-refractivity contribution < 1.29 is 0 Å². The zero-order valence-corrected chi connectivity index (χ0v) is 16.9. The van der Waals surface area contributed by atoms with Crippen molar-refractivity contribution >= 4 is 11.8 Å². The molecule has 1 aliphatic rings. The first kappa shape index (κ1) is 18.3. The number of aromatic amines is 1. The Morgan fingerprint density at radius 1 is 1.04 bits per heavy atom.